The fraction of sp³-hybridized carbons (Fsp3) is 0.417. The van der Waals surface area contributed by atoms with Crippen molar-refractivity contribution in [1.82, 2.24) is 0 Å². The van der Waals surface area contributed by atoms with Crippen LogP contribution in [0.2, 0.25) is 0 Å². The molecule has 0 bridgehead atoms. The van der Waals surface area contributed by atoms with Gasteiger partial charge in [-0.1, -0.05) is 18.2 Å². The number of amides is 1. The Labute approximate surface area is 106 Å². The maximum atomic E-state index is 11.6. The fourth-order valence-electron chi connectivity index (χ4n) is 2.17. The van der Waals surface area contributed by atoms with Gasteiger partial charge in [-0.25, -0.2) is 8.42 Å². The van der Waals surface area contributed by atoms with Gasteiger partial charge in [-0.15, -0.1) is 0 Å². The average molecular weight is 268 g/mol. The highest BCUT2D eigenvalue weighted by Gasteiger charge is 2.47. The summed E-state index contributed by atoms with van der Waals surface area (Å²) in [6, 6.07) is 7.40. The first kappa shape index (κ1) is 12.9. The molecule has 1 aliphatic rings. The number of nitrogens with one attached hydrogen (secondary N) is 1. The molecule has 1 heterocycles. The Morgan fingerprint density at radius 1 is 1.39 bits per heavy atom. The van der Waals surface area contributed by atoms with Crippen LogP contribution in [0.4, 0.5) is 5.69 Å². The lowest BCUT2D eigenvalue weighted by atomic mass is 9.97. The van der Waals surface area contributed by atoms with E-state index in [2.05, 4.69) is 5.32 Å². The quantitative estimate of drug-likeness (QED) is 0.833. The highest BCUT2D eigenvalue weighted by atomic mass is 32.2. The number of benzene rings is 1. The number of rotatable bonds is 3. The maximum Gasteiger partial charge on any atom is 0.244 e. The topological polar surface area (TPSA) is 89.3 Å². The van der Waals surface area contributed by atoms with E-state index in [0.717, 1.165) is 11.3 Å². The number of anilines is 1. The molecule has 18 heavy (non-hydrogen) atoms. The van der Waals surface area contributed by atoms with Crippen molar-refractivity contribution in [1.29, 1.82) is 0 Å². The van der Waals surface area contributed by atoms with E-state index in [1.54, 1.807) is 0 Å². The number of hydrogen-bond donors (Lipinski definition) is 2. The van der Waals surface area contributed by atoms with Crippen LogP contribution in [0.15, 0.2) is 24.3 Å². The van der Waals surface area contributed by atoms with Crippen LogP contribution in [0.25, 0.3) is 0 Å². The molecule has 1 aliphatic heterocycles. The number of primary amides is 1. The second kappa shape index (κ2) is 4.28. The third-order valence-corrected chi connectivity index (χ3v) is 5.06. The minimum atomic E-state index is -3.20. The lowest BCUT2D eigenvalue weighted by Gasteiger charge is -2.27. The van der Waals surface area contributed by atoms with E-state index in [1.165, 1.54) is 0 Å². The monoisotopic (exact) mass is 268 g/mol. The Morgan fingerprint density at radius 2 is 2.06 bits per heavy atom. The fourth-order valence-corrected chi connectivity index (χ4v) is 4.09. The molecular formula is C12H16N2O3S. The zero-order chi connectivity index (χ0) is 13.4. The number of para-hydroxylation sites is 1. The van der Waals surface area contributed by atoms with Crippen LogP contribution in [-0.2, 0) is 14.6 Å². The lowest BCUT2D eigenvalue weighted by Crippen LogP contribution is -2.51. The highest BCUT2D eigenvalue weighted by molar-refractivity contribution is 7.91. The molecule has 1 aromatic rings. The van der Waals surface area contributed by atoms with Gasteiger partial charge in [0, 0.05) is 5.69 Å². The van der Waals surface area contributed by atoms with E-state index in [-0.39, 0.29) is 17.9 Å². The largest absolute Gasteiger partial charge is 0.370 e. The standard InChI is InChI=1S/C12H16N2O3S/c1-9-4-2-3-5-10(9)14-12(11(13)15)6-7-18(16,17)8-12/h2-5,14H,6-8H2,1H3,(H2,13,15). The molecule has 0 aromatic heterocycles. The molecule has 1 atom stereocenters. The Morgan fingerprint density at radius 3 is 2.56 bits per heavy atom. The summed E-state index contributed by atoms with van der Waals surface area (Å²) < 4.78 is 23.2. The lowest BCUT2D eigenvalue weighted by molar-refractivity contribution is -0.121. The number of carbonyl (C=O) groups is 1. The summed E-state index contributed by atoms with van der Waals surface area (Å²) in [6.45, 7) is 1.89. The minimum Gasteiger partial charge on any atom is -0.370 e. The molecule has 0 radical (unpaired) electrons. The summed E-state index contributed by atoms with van der Waals surface area (Å²) in [5.41, 5.74) is 5.90. The third-order valence-electron chi connectivity index (χ3n) is 3.30. The molecular weight excluding hydrogens is 252 g/mol. The van der Waals surface area contributed by atoms with E-state index in [0.29, 0.717) is 0 Å². The molecule has 6 heteroatoms. The first-order valence-corrected chi connectivity index (χ1v) is 7.51. The molecule has 1 unspecified atom stereocenters. The molecule has 1 aromatic carbocycles. The van der Waals surface area contributed by atoms with E-state index >= 15 is 0 Å². The minimum absolute atomic E-state index is 0.00514. The van der Waals surface area contributed by atoms with Crippen LogP contribution >= 0.6 is 0 Å². The summed E-state index contributed by atoms with van der Waals surface area (Å²) in [5.74, 6) is -0.856. The van der Waals surface area contributed by atoms with E-state index in [1.807, 2.05) is 31.2 Å². The molecule has 1 amide bonds. The van der Waals surface area contributed by atoms with Crippen molar-refractivity contribution in [3.8, 4) is 0 Å². The van der Waals surface area contributed by atoms with Crippen LogP contribution in [0.3, 0.4) is 0 Å². The van der Waals surface area contributed by atoms with Gasteiger partial charge in [-0.3, -0.25) is 4.79 Å². The molecule has 1 fully saturated rings. The highest BCUT2D eigenvalue weighted by Crippen LogP contribution is 2.29. The van der Waals surface area contributed by atoms with Crippen molar-refractivity contribution in [2.45, 2.75) is 18.9 Å². The van der Waals surface area contributed by atoms with E-state index < -0.39 is 21.3 Å². The van der Waals surface area contributed by atoms with Gasteiger partial charge < -0.3 is 11.1 Å². The summed E-state index contributed by atoms with van der Waals surface area (Å²) >= 11 is 0. The zero-order valence-electron chi connectivity index (χ0n) is 10.1. The van der Waals surface area contributed by atoms with Crippen LogP contribution in [0.1, 0.15) is 12.0 Å². The number of hydrogen-bond acceptors (Lipinski definition) is 4. The van der Waals surface area contributed by atoms with Gasteiger partial charge in [0.05, 0.1) is 11.5 Å². The van der Waals surface area contributed by atoms with Crippen LogP contribution in [0, 0.1) is 6.92 Å². The number of carbonyl (C=O) groups excluding carboxylic acids is 1. The van der Waals surface area contributed by atoms with Crippen molar-refractivity contribution in [3.05, 3.63) is 29.8 Å². The van der Waals surface area contributed by atoms with Crippen molar-refractivity contribution in [2.75, 3.05) is 16.8 Å². The Hall–Kier alpha value is -1.56. The SMILES string of the molecule is Cc1ccccc1NC1(C(N)=O)CCS(=O)(=O)C1. The van der Waals surface area contributed by atoms with Gasteiger partial charge in [0.1, 0.15) is 5.54 Å². The third kappa shape index (κ3) is 2.33. The average Bonchev–Trinajstić information content (AvgIpc) is 2.59. The predicted octanol–water partition coefficient (Wildman–Crippen LogP) is 0.450. The van der Waals surface area contributed by atoms with Gasteiger partial charge in [0.25, 0.3) is 0 Å². The molecule has 3 N–H and O–H groups in total. The summed E-state index contributed by atoms with van der Waals surface area (Å²) in [6.07, 6.45) is 0.221. The molecule has 5 nitrogen and oxygen atoms in total. The first-order chi connectivity index (χ1) is 8.35. The summed E-state index contributed by atoms with van der Waals surface area (Å²) in [5, 5.41) is 3.02. The van der Waals surface area contributed by atoms with E-state index in [9.17, 15) is 13.2 Å². The molecule has 1 saturated heterocycles. The van der Waals surface area contributed by atoms with Gasteiger partial charge in [0.15, 0.2) is 9.84 Å². The number of aryl methyl sites for hydroxylation is 1. The molecule has 98 valence electrons. The number of sulfone groups is 1. The smallest absolute Gasteiger partial charge is 0.244 e. The Kier molecular flexibility index (Phi) is 3.06. The van der Waals surface area contributed by atoms with Crippen molar-refractivity contribution < 1.29 is 13.2 Å². The Balaban J connectivity index is 2.35. The summed E-state index contributed by atoms with van der Waals surface area (Å²) in [4.78, 5) is 11.6. The molecule has 0 saturated carbocycles. The zero-order valence-corrected chi connectivity index (χ0v) is 11.0. The van der Waals surface area contributed by atoms with E-state index in [4.69, 9.17) is 5.73 Å². The van der Waals surface area contributed by atoms with Crippen molar-refractivity contribution in [3.63, 3.8) is 0 Å². The number of nitrogens with two attached hydrogens (primary N) is 1. The molecule has 0 spiro atoms. The second-order valence-electron chi connectivity index (χ2n) is 4.73. The predicted molar refractivity (Wildman–Crippen MR) is 70.0 cm³/mol. The van der Waals surface area contributed by atoms with Crippen molar-refractivity contribution in [2.24, 2.45) is 5.73 Å². The Bertz CT molecular complexity index is 583. The van der Waals surface area contributed by atoms with Crippen LogP contribution in [0.5, 0.6) is 0 Å². The van der Waals surface area contributed by atoms with Gasteiger partial charge >= 0.3 is 0 Å². The summed E-state index contributed by atoms with van der Waals surface area (Å²) in [7, 11) is -3.20. The van der Waals surface area contributed by atoms with Gasteiger partial charge in [0.2, 0.25) is 5.91 Å². The van der Waals surface area contributed by atoms with Crippen LogP contribution < -0.4 is 11.1 Å². The molecule has 2 rings (SSSR count). The maximum absolute atomic E-state index is 11.6. The first-order valence-electron chi connectivity index (χ1n) is 5.69. The van der Waals surface area contributed by atoms with Gasteiger partial charge in [-0.05, 0) is 25.0 Å². The van der Waals surface area contributed by atoms with Gasteiger partial charge in [-0.2, -0.15) is 0 Å². The van der Waals surface area contributed by atoms with Crippen molar-refractivity contribution >= 4 is 21.4 Å². The molecule has 0 aliphatic carbocycles. The van der Waals surface area contributed by atoms with Crippen LogP contribution in [-0.4, -0.2) is 31.4 Å². The normalized spacial score (nSPS) is 25.8. The second-order valence-corrected chi connectivity index (χ2v) is 6.91.